The highest BCUT2D eigenvalue weighted by molar-refractivity contribution is 5.83. The number of aliphatic hydroxyl groups excluding tert-OH is 1. The van der Waals surface area contributed by atoms with Crippen molar-refractivity contribution in [1.82, 2.24) is 24.4 Å². The average Bonchev–Trinajstić information content (AvgIpc) is 3.01. The van der Waals surface area contributed by atoms with E-state index in [4.69, 9.17) is 16.6 Å². The molecule has 1 fully saturated rings. The van der Waals surface area contributed by atoms with E-state index in [1.54, 1.807) is 11.5 Å². The Morgan fingerprint density at radius 2 is 2.07 bits per heavy atom. The number of rotatable bonds is 5. The third kappa shape index (κ3) is 4.28. The number of carbonyl (C=O) groups is 2. The van der Waals surface area contributed by atoms with Gasteiger partial charge in [-0.1, -0.05) is 0 Å². The van der Waals surface area contributed by atoms with Gasteiger partial charge in [-0.15, -0.1) is 0 Å². The smallest absolute Gasteiger partial charge is 0.303 e. The molecule has 3 rings (SSSR count). The molecule has 1 aliphatic rings. The van der Waals surface area contributed by atoms with E-state index in [-0.39, 0.29) is 38.2 Å². The van der Waals surface area contributed by atoms with E-state index < -0.39 is 35.7 Å². The van der Waals surface area contributed by atoms with Crippen LogP contribution in [0, 0.1) is 0 Å². The molecule has 1 saturated heterocycles. The zero-order valence-corrected chi connectivity index (χ0v) is 16.0. The Balaban J connectivity index is 1.93. The Bertz CT molecular complexity index is 915. The number of carbonyl (C=O) groups excluding carboxylic acids is 1. The van der Waals surface area contributed by atoms with Crippen LogP contribution in [0.3, 0.4) is 0 Å². The molecule has 1 aliphatic heterocycles. The lowest BCUT2D eigenvalue weighted by Crippen LogP contribution is -2.48. The Kier molecular flexibility index (Phi) is 5.68. The van der Waals surface area contributed by atoms with E-state index in [9.17, 15) is 19.8 Å². The van der Waals surface area contributed by atoms with Gasteiger partial charge in [0.25, 0.3) is 0 Å². The maximum absolute atomic E-state index is 12.8. The van der Waals surface area contributed by atoms with Crippen LogP contribution < -0.4 is 11.5 Å². The molecule has 0 aliphatic carbocycles. The van der Waals surface area contributed by atoms with Gasteiger partial charge in [0.05, 0.1) is 30.1 Å². The monoisotopic (exact) mass is 407 g/mol. The average molecular weight is 407 g/mol. The first-order valence-electron chi connectivity index (χ1n) is 9.19. The van der Waals surface area contributed by atoms with Crippen LogP contribution in [0.15, 0.2) is 12.7 Å². The second-order valence-electron chi connectivity index (χ2n) is 7.60. The quantitative estimate of drug-likeness (QED) is 0.389. The number of anilines is 1. The summed E-state index contributed by atoms with van der Waals surface area (Å²) in [7, 11) is 0. The number of aliphatic carboxylic acids is 1. The Morgan fingerprint density at radius 3 is 2.76 bits per heavy atom. The van der Waals surface area contributed by atoms with Gasteiger partial charge in [-0.2, -0.15) is 0 Å². The van der Waals surface area contributed by atoms with Crippen LogP contribution in [0.5, 0.6) is 0 Å². The fourth-order valence-corrected chi connectivity index (χ4v) is 3.71. The summed E-state index contributed by atoms with van der Waals surface area (Å²) in [6, 6.07) is -1.73. The van der Waals surface area contributed by atoms with Crippen LogP contribution in [-0.4, -0.2) is 82.5 Å². The van der Waals surface area contributed by atoms with Gasteiger partial charge in [0.2, 0.25) is 5.91 Å². The van der Waals surface area contributed by atoms with Gasteiger partial charge in [0.1, 0.15) is 11.8 Å². The number of hydrogen-bond donors (Lipinski definition) is 5. The minimum absolute atomic E-state index is 0.00600. The second kappa shape index (κ2) is 7.89. The maximum atomic E-state index is 12.8. The number of hydrogen-bond acceptors (Lipinski definition) is 9. The fourth-order valence-electron chi connectivity index (χ4n) is 3.71. The molecule has 29 heavy (non-hydrogen) atoms. The van der Waals surface area contributed by atoms with Gasteiger partial charge in [-0.3, -0.25) is 9.59 Å². The number of likely N-dealkylation sites (tertiary alicyclic amines) is 1. The summed E-state index contributed by atoms with van der Waals surface area (Å²) < 4.78 is 1.61. The van der Waals surface area contributed by atoms with Crippen LogP contribution in [0.1, 0.15) is 32.2 Å². The third-order valence-corrected chi connectivity index (χ3v) is 5.21. The number of nitrogens with two attached hydrogens (primary N) is 2. The lowest BCUT2D eigenvalue weighted by molar-refractivity contribution is -0.138. The first kappa shape index (κ1) is 20.9. The zero-order chi connectivity index (χ0) is 21.3. The summed E-state index contributed by atoms with van der Waals surface area (Å²) in [5.74, 6) is -1.36. The number of β-amino-alcohol motifs (C(OH)–C–C–N with tert-alkyl or cyclic N) is 1. The van der Waals surface area contributed by atoms with E-state index in [1.807, 2.05) is 0 Å². The second-order valence-corrected chi connectivity index (χ2v) is 7.60. The zero-order valence-electron chi connectivity index (χ0n) is 16.0. The molecule has 2 aromatic rings. The molecule has 0 bridgehead atoms. The number of carboxylic acids is 1. The summed E-state index contributed by atoms with van der Waals surface area (Å²) in [6.45, 7) is 1.56. The standard InChI is InChI=1S/C17H25N7O5/c1-17(29)4-9(25)5-23(16(28)10(18)2-3-12(26)27)6-11(17)24-8-22-13-14(19)20-7-21-15(13)24/h7-11,25,29H,2-6,18H2,1H3,(H,26,27)(H2,19,20,21)/t9-,10+,11+,17+/m1/s1. The highest BCUT2D eigenvalue weighted by Gasteiger charge is 2.42. The minimum Gasteiger partial charge on any atom is -0.481 e. The van der Waals surface area contributed by atoms with E-state index >= 15 is 0 Å². The molecule has 1 amide bonds. The first-order valence-corrected chi connectivity index (χ1v) is 9.19. The van der Waals surface area contributed by atoms with E-state index in [0.717, 1.165) is 0 Å². The van der Waals surface area contributed by atoms with E-state index in [0.29, 0.717) is 11.2 Å². The summed E-state index contributed by atoms with van der Waals surface area (Å²) in [6.07, 6.45) is 1.49. The van der Waals surface area contributed by atoms with Crippen molar-refractivity contribution in [2.75, 3.05) is 18.8 Å². The normalized spacial score (nSPS) is 26.3. The molecule has 7 N–H and O–H groups in total. The predicted molar refractivity (Wildman–Crippen MR) is 101 cm³/mol. The van der Waals surface area contributed by atoms with Gasteiger partial charge in [-0.05, 0) is 13.3 Å². The SMILES string of the molecule is C[C@]1(O)C[C@@H](O)CN(C(=O)[C@@H](N)CCC(=O)O)C[C@@H]1n1cnc2c(N)ncnc21. The molecular weight excluding hydrogens is 382 g/mol. The molecule has 2 aromatic heterocycles. The third-order valence-electron chi connectivity index (χ3n) is 5.21. The number of carboxylic acid groups (broad SMARTS) is 1. The number of imidazole rings is 1. The van der Waals surface area contributed by atoms with Crippen molar-refractivity contribution in [3.05, 3.63) is 12.7 Å². The number of fused-ring (bicyclic) bond motifs is 1. The van der Waals surface area contributed by atoms with Gasteiger partial charge in [0.15, 0.2) is 11.5 Å². The molecular formula is C17H25N7O5. The Hall–Kier alpha value is -2.83. The van der Waals surface area contributed by atoms with Gasteiger partial charge >= 0.3 is 5.97 Å². The molecule has 12 nitrogen and oxygen atoms in total. The van der Waals surface area contributed by atoms with Gasteiger partial charge in [0, 0.05) is 25.9 Å². The number of aromatic nitrogens is 4. The van der Waals surface area contributed by atoms with Crippen LogP contribution in [0.4, 0.5) is 5.82 Å². The number of nitrogens with zero attached hydrogens (tertiary/aromatic N) is 5. The van der Waals surface area contributed by atoms with Crippen molar-refractivity contribution in [1.29, 1.82) is 0 Å². The summed E-state index contributed by atoms with van der Waals surface area (Å²) in [5, 5.41) is 30.2. The summed E-state index contributed by atoms with van der Waals surface area (Å²) in [5.41, 5.74) is 11.1. The highest BCUT2D eigenvalue weighted by atomic mass is 16.4. The Morgan fingerprint density at radius 1 is 1.34 bits per heavy atom. The highest BCUT2D eigenvalue weighted by Crippen LogP contribution is 2.34. The van der Waals surface area contributed by atoms with Gasteiger partial charge < -0.3 is 36.3 Å². The van der Waals surface area contributed by atoms with Crippen molar-refractivity contribution in [2.45, 2.75) is 50.0 Å². The number of nitrogen functional groups attached to an aromatic ring is 1. The largest absolute Gasteiger partial charge is 0.481 e. The van der Waals surface area contributed by atoms with Crippen molar-refractivity contribution in [3.63, 3.8) is 0 Å². The van der Waals surface area contributed by atoms with E-state index in [2.05, 4.69) is 15.0 Å². The topological polar surface area (TPSA) is 194 Å². The number of aliphatic hydroxyl groups is 2. The molecule has 0 unspecified atom stereocenters. The van der Waals surface area contributed by atoms with Crippen molar-refractivity contribution < 1.29 is 24.9 Å². The van der Waals surface area contributed by atoms with Crippen molar-refractivity contribution in [2.24, 2.45) is 5.73 Å². The lowest BCUT2D eigenvalue weighted by atomic mass is 9.91. The molecule has 12 heteroatoms. The first-order chi connectivity index (χ1) is 13.6. The molecule has 0 aromatic carbocycles. The van der Waals surface area contributed by atoms with Crippen molar-refractivity contribution >= 4 is 28.9 Å². The fraction of sp³-hybridized carbons (Fsp3) is 0.588. The lowest BCUT2D eigenvalue weighted by Gasteiger charge is -2.34. The van der Waals surface area contributed by atoms with E-state index in [1.165, 1.54) is 17.6 Å². The summed E-state index contributed by atoms with van der Waals surface area (Å²) >= 11 is 0. The van der Waals surface area contributed by atoms with Crippen LogP contribution >= 0.6 is 0 Å². The van der Waals surface area contributed by atoms with Crippen molar-refractivity contribution in [3.8, 4) is 0 Å². The van der Waals surface area contributed by atoms with Crippen LogP contribution in [-0.2, 0) is 9.59 Å². The van der Waals surface area contributed by atoms with Gasteiger partial charge in [-0.25, -0.2) is 15.0 Å². The Labute approximate surface area is 166 Å². The van der Waals surface area contributed by atoms with Crippen LogP contribution in [0.2, 0.25) is 0 Å². The maximum Gasteiger partial charge on any atom is 0.303 e. The molecule has 0 saturated carbocycles. The number of amides is 1. The minimum atomic E-state index is -1.40. The predicted octanol–water partition coefficient (Wildman–Crippen LogP) is -1.51. The summed E-state index contributed by atoms with van der Waals surface area (Å²) in [4.78, 5) is 37.2. The molecule has 0 radical (unpaired) electrons. The molecule has 3 heterocycles. The molecule has 158 valence electrons. The molecule has 0 spiro atoms. The van der Waals surface area contributed by atoms with Crippen LogP contribution in [0.25, 0.3) is 11.2 Å². The molecule has 4 atom stereocenters.